The van der Waals surface area contributed by atoms with Crippen LogP contribution in [0.15, 0.2) is 42.5 Å². The summed E-state index contributed by atoms with van der Waals surface area (Å²) in [5, 5.41) is 14.8. The van der Waals surface area contributed by atoms with E-state index >= 15 is 0 Å². The van der Waals surface area contributed by atoms with E-state index in [1.807, 2.05) is 18.2 Å². The first-order chi connectivity index (χ1) is 11.2. The Morgan fingerprint density at radius 1 is 1.22 bits per heavy atom. The second-order valence-corrected chi connectivity index (χ2v) is 5.86. The third-order valence-corrected chi connectivity index (χ3v) is 4.41. The normalized spacial score (nSPS) is 18.5. The Morgan fingerprint density at radius 3 is 2.83 bits per heavy atom. The standard InChI is InChI=1S/C18H18N2O3/c21-18(22)12-5-6-15-14-3-1-2-4-16(14)20(17(15)9-12)11-13-10-19-7-8-23-13/h1-6,9,13,19H,7-8,10-11H2,(H,21,22). The molecule has 2 heterocycles. The van der Waals surface area contributed by atoms with Crippen molar-refractivity contribution in [2.24, 2.45) is 0 Å². The van der Waals surface area contributed by atoms with Crippen LogP contribution in [0.5, 0.6) is 0 Å². The zero-order valence-electron chi connectivity index (χ0n) is 12.7. The first-order valence-electron chi connectivity index (χ1n) is 7.80. The fourth-order valence-corrected chi connectivity index (χ4v) is 3.32. The lowest BCUT2D eigenvalue weighted by molar-refractivity contribution is 0.0196. The van der Waals surface area contributed by atoms with Gasteiger partial charge in [0.2, 0.25) is 0 Å². The molecule has 0 spiro atoms. The molecule has 1 fully saturated rings. The number of nitrogens with zero attached hydrogens (tertiary/aromatic N) is 1. The van der Waals surface area contributed by atoms with Crippen molar-refractivity contribution in [3.63, 3.8) is 0 Å². The maximum atomic E-state index is 11.3. The molecule has 1 saturated heterocycles. The minimum Gasteiger partial charge on any atom is -0.478 e. The number of hydrogen-bond donors (Lipinski definition) is 2. The lowest BCUT2D eigenvalue weighted by atomic mass is 10.1. The molecule has 5 heteroatoms. The number of carboxylic acid groups (broad SMARTS) is 1. The summed E-state index contributed by atoms with van der Waals surface area (Å²) in [6.45, 7) is 3.11. The number of para-hydroxylation sites is 1. The van der Waals surface area contributed by atoms with Gasteiger partial charge in [-0.25, -0.2) is 4.79 Å². The van der Waals surface area contributed by atoms with Gasteiger partial charge in [0.1, 0.15) is 0 Å². The molecular weight excluding hydrogens is 292 g/mol. The molecule has 2 N–H and O–H groups in total. The van der Waals surface area contributed by atoms with Crippen molar-refractivity contribution >= 4 is 27.8 Å². The van der Waals surface area contributed by atoms with Crippen molar-refractivity contribution in [2.75, 3.05) is 19.7 Å². The molecule has 0 bridgehead atoms. The zero-order chi connectivity index (χ0) is 15.8. The number of carboxylic acids is 1. The summed E-state index contributed by atoms with van der Waals surface area (Å²) in [7, 11) is 0. The van der Waals surface area contributed by atoms with E-state index in [0.717, 1.165) is 34.9 Å². The smallest absolute Gasteiger partial charge is 0.335 e. The largest absolute Gasteiger partial charge is 0.478 e. The van der Waals surface area contributed by atoms with Gasteiger partial charge in [-0.1, -0.05) is 24.3 Å². The highest BCUT2D eigenvalue weighted by atomic mass is 16.5. The monoisotopic (exact) mass is 310 g/mol. The second-order valence-electron chi connectivity index (χ2n) is 5.86. The Bertz CT molecular complexity index is 878. The van der Waals surface area contributed by atoms with E-state index in [9.17, 15) is 9.90 Å². The predicted octanol–water partition coefficient (Wildman–Crippen LogP) is 2.48. The third-order valence-electron chi connectivity index (χ3n) is 4.41. The SMILES string of the molecule is O=C(O)c1ccc2c3ccccc3n(CC3CNCCO3)c2c1. The van der Waals surface area contributed by atoms with Crippen LogP contribution in [0.3, 0.4) is 0 Å². The van der Waals surface area contributed by atoms with E-state index in [0.29, 0.717) is 18.7 Å². The maximum absolute atomic E-state index is 11.3. The number of nitrogens with one attached hydrogen (secondary N) is 1. The van der Waals surface area contributed by atoms with Gasteiger partial charge in [0, 0.05) is 29.4 Å². The van der Waals surface area contributed by atoms with Crippen molar-refractivity contribution in [3.8, 4) is 0 Å². The van der Waals surface area contributed by atoms with Gasteiger partial charge in [-0.05, 0) is 18.2 Å². The third kappa shape index (κ3) is 2.48. The number of rotatable bonds is 3. The van der Waals surface area contributed by atoms with Gasteiger partial charge in [0.05, 0.1) is 30.3 Å². The molecular formula is C18H18N2O3. The summed E-state index contributed by atoms with van der Waals surface area (Å²) in [6, 6.07) is 13.5. The first kappa shape index (κ1) is 14.2. The van der Waals surface area contributed by atoms with Crippen LogP contribution in [0, 0.1) is 0 Å². The van der Waals surface area contributed by atoms with Crippen molar-refractivity contribution < 1.29 is 14.6 Å². The molecule has 2 aromatic carbocycles. The van der Waals surface area contributed by atoms with Crippen molar-refractivity contribution in [1.29, 1.82) is 0 Å². The van der Waals surface area contributed by atoms with Gasteiger partial charge < -0.3 is 19.7 Å². The van der Waals surface area contributed by atoms with Crippen LogP contribution in [0.2, 0.25) is 0 Å². The van der Waals surface area contributed by atoms with E-state index in [1.165, 1.54) is 0 Å². The molecule has 1 atom stereocenters. The number of carbonyl (C=O) groups is 1. The summed E-state index contributed by atoms with van der Waals surface area (Å²) in [5.41, 5.74) is 2.36. The number of aromatic nitrogens is 1. The minimum absolute atomic E-state index is 0.0937. The van der Waals surface area contributed by atoms with E-state index < -0.39 is 5.97 Å². The minimum atomic E-state index is -0.903. The van der Waals surface area contributed by atoms with Crippen LogP contribution in [0.1, 0.15) is 10.4 Å². The van der Waals surface area contributed by atoms with E-state index in [-0.39, 0.29) is 6.10 Å². The molecule has 4 rings (SSSR count). The molecule has 0 aliphatic carbocycles. The Morgan fingerprint density at radius 2 is 2.04 bits per heavy atom. The summed E-state index contributed by atoms with van der Waals surface area (Å²) < 4.78 is 8.00. The van der Waals surface area contributed by atoms with Crippen molar-refractivity contribution in [2.45, 2.75) is 12.6 Å². The quantitative estimate of drug-likeness (QED) is 0.780. The van der Waals surface area contributed by atoms with Crippen LogP contribution >= 0.6 is 0 Å². The summed E-state index contributed by atoms with van der Waals surface area (Å²) in [4.78, 5) is 11.3. The Hall–Kier alpha value is -2.37. The van der Waals surface area contributed by atoms with Crippen LogP contribution in [0.25, 0.3) is 21.8 Å². The number of fused-ring (bicyclic) bond motifs is 3. The van der Waals surface area contributed by atoms with E-state index in [2.05, 4.69) is 22.0 Å². The molecule has 0 saturated carbocycles. The molecule has 0 radical (unpaired) electrons. The molecule has 23 heavy (non-hydrogen) atoms. The Kier molecular flexibility index (Phi) is 3.52. The van der Waals surface area contributed by atoms with Gasteiger partial charge in [0.15, 0.2) is 0 Å². The number of benzene rings is 2. The van der Waals surface area contributed by atoms with Gasteiger partial charge >= 0.3 is 5.97 Å². The summed E-state index contributed by atoms with van der Waals surface area (Å²) in [5.74, 6) is -0.903. The van der Waals surface area contributed by atoms with Crippen molar-refractivity contribution in [1.82, 2.24) is 9.88 Å². The van der Waals surface area contributed by atoms with E-state index in [4.69, 9.17) is 4.74 Å². The Balaban J connectivity index is 1.89. The van der Waals surface area contributed by atoms with Gasteiger partial charge in [0.25, 0.3) is 0 Å². The summed E-state index contributed by atoms with van der Waals surface area (Å²) in [6.07, 6.45) is 0.0937. The maximum Gasteiger partial charge on any atom is 0.335 e. The second kappa shape index (κ2) is 5.68. The lowest BCUT2D eigenvalue weighted by Gasteiger charge is -2.24. The lowest BCUT2D eigenvalue weighted by Crippen LogP contribution is -2.40. The molecule has 1 aliphatic heterocycles. The average molecular weight is 310 g/mol. The van der Waals surface area contributed by atoms with Crippen LogP contribution in [-0.2, 0) is 11.3 Å². The first-order valence-corrected chi connectivity index (χ1v) is 7.80. The zero-order valence-corrected chi connectivity index (χ0v) is 12.7. The van der Waals surface area contributed by atoms with Crippen LogP contribution in [0.4, 0.5) is 0 Å². The molecule has 118 valence electrons. The molecule has 3 aromatic rings. The number of hydrogen-bond acceptors (Lipinski definition) is 3. The highest BCUT2D eigenvalue weighted by Gasteiger charge is 2.18. The fourth-order valence-electron chi connectivity index (χ4n) is 3.32. The van der Waals surface area contributed by atoms with Gasteiger partial charge in [-0.3, -0.25) is 0 Å². The fraction of sp³-hybridized carbons (Fsp3) is 0.278. The highest BCUT2D eigenvalue weighted by Crippen LogP contribution is 2.30. The molecule has 1 unspecified atom stereocenters. The van der Waals surface area contributed by atoms with Gasteiger partial charge in [-0.15, -0.1) is 0 Å². The topological polar surface area (TPSA) is 63.5 Å². The predicted molar refractivity (Wildman–Crippen MR) is 89.0 cm³/mol. The van der Waals surface area contributed by atoms with Gasteiger partial charge in [-0.2, -0.15) is 0 Å². The average Bonchev–Trinajstić information content (AvgIpc) is 2.90. The molecule has 0 amide bonds. The molecule has 1 aromatic heterocycles. The van der Waals surface area contributed by atoms with Crippen LogP contribution < -0.4 is 5.32 Å². The molecule has 5 nitrogen and oxygen atoms in total. The molecule has 1 aliphatic rings. The number of aromatic carboxylic acids is 1. The summed E-state index contributed by atoms with van der Waals surface area (Å²) >= 11 is 0. The van der Waals surface area contributed by atoms with Crippen molar-refractivity contribution in [3.05, 3.63) is 48.0 Å². The Labute approximate surface area is 133 Å². The van der Waals surface area contributed by atoms with E-state index in [1.54, 1.807) is 12.1 Å². The van der Waals surface area contributed by atoms with Crippen LogP contribution in [-0.4, -0.2) is 41.4 Å². The number of morpholine rings is 1. The highest BCUT2D eigenvalue weighted by molar-refractivity contribution is 6.09. The number of ether oxygens (including phenoxy) is 1.